The van der Waals surface area contributed by atoms with Crippen LogP contribution in [0.2, 0.25) is 5.02 Å². The van der Waals surface area contributed by atoms with Crippen LogP contribution < -0.4 is 19.1 Å². The predicted octanol–water partition coefficient (Wildman–Crippen LogP) is 5.55. The number of benzene rings is 4. The van der Waals surface area contributed by atoms with Gasteiger partial charge >= 0.3 is 0 Å². The molecule has 0 heterocycles. The van der Waals surface area contributed by atoms with Crippen molar-refractivity contribution in [2.75, 3.05) is 31.6 Å². The van der Waals surface area contributed by atoms with Crippen molar-refractivity contribution in [1.29, 1.82) is 0 Å². The summed E-state index contributed by atoms with van der Waals surface area (Å²) in [5.41, 5.74) is 1.16. The van der Waals surface area contributed by atoms with Crippen LogP contribution in [-0.2, 0) is 32.6 Å². The molecule has 12 nitrogen and oxygen atoms in total. The van der Waals surface area contributed by atoms with E-state index in [0.717, 1.165) is 15.9 Å². The number of nitrogens with one attached hydrogen (secondary N) is 1. The maximum absolute atomic E-state index is 14.6. The molecule has 0 fully saturated rings. The van der Waals surface area contributed by atoms with Crippen LogP contribution in [0.4, 0.5) is 11.4 Å². The van der Waals surface area contributed by atoms with E-state index >= 15 is 0 Å². The number of halogens is 1. The first-order valence-electron chi connectivity index (χ1n) is 15.2. The van der Waals surface area contributed by atoms with E-state index in [0.29, 0.717) is 11.3 Å². The lowest BCUT2D eigenvalue weighted by molar-refractivity contribution is -0.385. The number of hydrogen-bond acceptors (Lipinski definition) is 8. The molecule has 4 rings (SSSR count). The summed E-state index contributed by atoms with van der Waals surface area (Å²) in [6, 6.07) is 22.8. The molecule has 1 N–H and O–H groups in total. The molecule has 0 aliphatic heterocycles. The molecule has 0 radical (unpaired) electrons. The molecule has 0 bridgehead atoms. The molecule has 14 heteroatoms. The van der Waals surface area contributed by atoms with Gasteiger partial charge in [-0.25, -0.2) is 8.42 Å². The molecule has 0 unspecified atom stereocenters. The molecule has 258 valence electrons. The molecule has 4 aromatic carbocycles. The van der Waals surface area contributed by atoms with Crippen LogP contribution in [0.25, 0.3) is 0 Å². The van der Waals surface area contributed by atoms with Gasteiger partial charge in [0.1, 0.15) is 24.1 Å². The number of nitro groups is 1. The summed E-state index contributed by atoms with van der Waals surface area (Å²) in [6.45, 7) is 2.64. The maximum Gasteiger partial charge on any atom is 0.273 e. The zero-order valence-electron chi connectivity index (χ0n) is 27.5. The number of aryl methyl sites for hydroxylation is 1. The first-order chi connectivity index (χ1) is 23.4. The second-order valence-corrected chi connectivity index (χ2v) is 13.3. The maximum atomic E-state index is 14.6. The summed E-state index contributed by atoms with van der Waals surface area (Å²) in [6.07, 6.45) is 0.125. The molecule has 0 saturated carbocycles. The Morgan fingerprint density at radius 1 is 0.939 bits per heavy atom. The quantitative estimate of drug-likeness (QED) is 0.125. The molecule has 0 aromatic heterocycles. The third kappa shape index (κ3) is 8.86. The number of rotatable bonds is 15. The van der Waals surface area contributed by atoms with E-state index in [2.05, 4.69) is 5.32 Å². The van der Waals surface area contributed by atoms with Crippen molar-refractivity contribution in [3.05, 3.63) is 123 Å². The summed E-state index contributed by atoms with van der Waals surface area (Å²) in [4.78, 5) is 40.3. The number of methoxy groups -OCH3 is 2. The Morgan fingerprint density at radius 3 is 2.31 bits per heavy atom. The molecule has 4 aromatic rings. The van der Waals surface area contributed by atoms with Gasteiger partial charge in [-0.3, -0.25) is 24.0 Å². The Labute approximate surface area is 290 Å². The minimum atomic E-state index is -4.68. The van der Waals surface area contributed by atoms with Crippen LogP contribution in [0, 0.1) is 17.0 Å². The van der Waals surface area contributed by atoms with Crippen LogP contribution in [0.1, 0.15) is 23.6 Å². The third-order valence-electron chi connectivity index (χ3n) is 7.76. The van der Waals surface area contributed by atoms with Gasteiger partial charge in [-0.05, 0) is 61.4 Å². The normalized spacial score (nSPS) is 11.7. The Morgan fingerprint density at radius 2 is 1.65 bits per heavy atom. The number of ether oxygens (including phenoxy) is 2. The highest BCUT2D eigenvalue weighted by molar-refractivity contribution is 7.92. The van der Waals surface area contributed by atoms with Gasteiger partial charge in [0.05, 0.1) is 29.7 Å². The lowest BCUT2D eigenvalue weighted by Crippen LogP contribution is -2.53. The number of carbonyl (C=O) groups excluding carboxylic acids is 2. The molecule has 49 heavy (non-hydrogen) atoms. The topological polar surface area (TPSA) is 148 Å². The Balaban J connectivity index is 1.89. The summed E-state index contributed by atoms with van der Waals surface area (Å²) >= 11 is 6.33. The van der Waals surface area contributed by atoms with Crippen molar-refractivity contribution < 1.29 is 32.4 Å². The van der Waals surface area contributed by atoms with E-state index in [1.807, 2.05) is 30.3 Å². The number of sulfonamides is 1. The number of carbonyl (C=O) groups is 2. The number of nitrogens with zero attached hydrogens (tertiary/aromatic N) is 3. The van der Waals surface area contributed by atoms with Crippen molar-refractivity contribution in [2.24, 2.45) is 0 Å². The second kappa shape index (κ2) is 16.3. The fraction of sp³-hybridized carbons (Fsp3) is 0.257. The molecule has 0 aliphatic carbocycles. The molecule has 0 aliphatic rings. The lowest BCUT2D eigenvalue weighted by Gasteiger charge is -2.34. The highest BCUT2D eigenvalue weighted by atomic mass is 35.5. The average molecular weight is 709 g/mol. The number of likely N-dealkylation sites (N-methyl/N-ethyl adjacent to an activating group) is 1. The van der Waals surface area contributed by atoms with Crippen molar-refractivity contribution in [2.45, 2.75) is 37.8 Å². The van der Waals surface area contributed by atoms with Crippen LogP contribution in [-0.4, -0.2) is 63.4 Å². The lowest BCUT2D eigenvalue weighted by atomic mass is 10.0. The first kappa shape index (κ1) is 36.7. The SMILES string of the molecule is CCNC(=O)[C@@H](Cc1ccccc1)N(Cc1cccc(OC)c1)C(=O)CN(c1cc(Cl)ccc1OC)S(=O)(=O)c1ccc(C)c([N+](=O)[O-])c1. The van der Waals surface area contributed by atoms with E-state index in [9.17, 15) is 28.1 Å². The number of anilines is 1. The van der Waals surface area contributed by atoms with Crippen molar-refractivity contribution in [1.82, 2.24) is 10.2 Å². The minimum absolute atomic E-state index is 0.0753. The first-order valence-corrected chi connectivity index (χ1v) is 17.1. The highest BCUT2D eigenvalue weighted by Crippen LogP contribution is 2.36. The predicted molar refractivity (Wildman–Crippen MR) is 187 cm³/mol. The molecule has 1 atom stereocenters. The molecule has 2 amide bonds. The van der Waals surface area contributed by atoms with Gasteiger partial charge < -0.3 is 19.7 Å². The Kier molecular flexibility index (Phi) is 12.2. The zero-order chi connectivity index (χ0) is 35.7. The zero-order valence-corrected chi connectivity index (χ0v) is 29.0. The van der Waals surface area contributed by atoms with Gasteiger partial charge in [0.15, 0.2) is 0 Å². The molecule has 0 saturated heterocycles. The van der Waals surface area contributed by atoms with Gasteiger partial charge in [-0.2, -0.15) is 0 Å². The standard InChI is InChI=1S/C35H37ClN4O8S/c1-5-37-35(42)32(19-25-10-7-6-8-11-25)38(22-26-12-9-13-28(18-26)47-3)34(41)23-39(31-20-27(36)15-17-33(31)48-4)49(45,46)29-16-14-24(2)30(21-29)40(43)44/h6-18,20-21,32H,5,19,22-23H2,1-4H3,(H,37,42)/t32-/m1/s1. The van der Waals surface area contributed by atoms with Crippen molar-refractivity contribution in [3.8, 4) is 11.5 Å². The van der Waals surface area contributed by atoms with Crippen LogP contribution in [0.5, 0.6) is 11.5 Å². The van der Waals surface area contributed by atoms with E-state index in [-0.39, 0.29) is 41.5 Å². The number of nitro benzene ring substituents is 1. The highest BCUT2D eigenvalue weighted by Gasteiger charge is 2.36. The summed E-state index contributed by atoms with van der Waals surface area (Å²) in [5.74, 6) is -0.573. The fourth-order valence-corrected chi connectivity index (χ4v) is 6.86. The van der Waals surface area contributed by atoms with E-state index in [1.54, 1.807) is 31.2 Å². The van der Waals surface area contributed by atoms with E-state index in [1.165, 1.54) is 56.4 Å². The van der Waals surface area contributed by atoms with Crippen LogP contribution in [0.3, 0.4) is 0 Å². The van der Waals surface area contributed by atoms with Crippen LogP contribution in [0.15, 0.2) is 95.9 Å². The summed E-state index contributed by atoms with van der Waals surface area (Å²) < 4.78 is 40.5. The van der Waals surface area contributed by atoms with Gasteiger partial charge in [0.25, 0.3) is 15.7 Å². The van der Waals surface area contributed by atoms with Crippen LogP contribution >= 0.6 is 11.6 Å². The molecular weight excluding hydrogens is 672 g/mol. The second-order valence-electron chi connectivity index (χ2n) is 11.0. The summed E-state index contributed by atoms with van der Waals surface area (Å²) in [7, 11) is -1.85. The Hall–Kier alpha value is -5.14. The van der Waals surface area contributed by atoms with Gasteiger partial charge in [-0.15, -0.1) is 0 Å². The largest absolute Gasteiger partial charge is 0.497 e. The number of amides is 2. The third-order valence-corrected chi connectivity index (χ3v) is 9.75. The molecule has 0 spiro atoms. The average Bonchev–Trinajstić information content (AvgIpc) is 3.09. The van der Waals surface area contributed by atoms with Gasteiger partial charge in [0.2, 0.25) is 11.8 Å². The summed E-state index contributed by atoms with van der Waals surface area (Å²) in [5, 5.41) is 14.7. The fourth-order valence-electron chi connectivity index (χ4n) is 5.26. The number of hydrogen-bond donors (Lipinski definition) is 1. The molecular formula is C35H37ClN4O8S. The minimum Gasteiger partial charge on any atom is -0.497 e. The van der Waals surface area contributed by atoms with Crippen molar-refractivity contribution in [3.63, 3.8) is 0 Å². The Bertz CT molecular complexity index is 1920. The van der Waals surface area contributed by atoms with E-state index < -0.39 is 49.9 Å². The van der Waals surface area contributed by atoms with Gasteiger partial charge in [0, 0.05) is 36.2 Å². The van der Waals surface area contributed by atoms with Gasteiger partial charge in [-0.1, -0.05) is 60.1 Å². The van der Waals surface area contributed by atoms with Crippen molar-refractivity contribution >= 4 is 44.8 Å². The van der Waals surface area contributed by atoms with E-state index in [4.69, 9.17) is 21.1 Å². The monoisotopic (exact) mass is 708 g/mol. The smallest absolute Gasteiger partial charge is 0.273 e.